The normalized spacial score (nSPS) is 10.9. The first-order valence-electron chi connectivity index (χ1n) is 9.41. The van der Waals surface area contributed by atoms with Gasteiger partial charge in [-0.25, -0.2) is 0 Å². The van der Waals surface area contributed by atoms with Gasteiger partial charge in [0, 0.05) is 25.8 Å². The lowest BCUT2D eigenvalue weighted by molar-refractivity contribution is -0.117. The van der Waals surface area contributed by atoms with E-state index in [4.69, 9.17) is 4.74 Å². The van der Waals surface area contributed by atoms with Crippen LogP contribution in [-0.2, 0) is 11.2 Å². The lowest BCUT2D eigenvalue weighted by atomic mass is 10.1. The summed E-state index contributed by atoms with van der Waals surface area (Å²) in [5.41, 5.74) is 1.29. The Bertz CT molecular complexity index is 595. The number of hydrogen-bond acceptors (Lipinski definition) is 4. The van der Waals surface area contributed by atoms with Gasteiger partial charge in [0.2, 0.25) is 0 Å². The number of carbonyl (C=O) groups excluding carboxylic acids is 1. The Kier molecular flexibility index (Phi) is 10.6. The molecular formula is C21H31N3O2. The number of benzene rings is 1. The molecule has 5 heteroatoms. The fraction of sp³-hybridized carbons (Fsp3) is 0.524. The molecule has 0 saturated heterocycles. The largest absolute Gasteiger partial charge is 0.497 e. The van der Waals surface area contributed by atoms with Crippen LogP contribution in [0.4, 0.5) is 0 Å². The molecule has 142 valence electrons. The van der Waals surface area contributed by atoms with Crippen LogP contribution in [0.2, 0.25) is 0 Å². The van der Waals surface area contributed by atoms with Gasteiger partial charge >= 0.3 is 0 Å². The molecule has 1 N–H and O–H groups in total. The van der Waals surface area contributed by atoms with Crippen molar-refractivity contribution in [2.24, 2.45) is 0 Å². The highest BCUT2D eigenvalue weighted by atomic mass is 16.5. The van der Waals surface area contributed by atoms with Crippen molar-refractivity contribution in [3.8, 4) is 11.8 Å². The number of ether oxygens (including phenoxy) is 1. The minimum absolute atomic E-state index is 0.173. The topological polar surface area (TPSA) is 65.4 Å². The van der Waals surface area contributed by atoms with Crippen molar-refractivity contribution in [2.75, 3.05) is 26.7 Å². The minimum Gasteiger partial charge on any atom is -0.497 e. The summed E-state index contributed by atoms with van der Waals surface area (Å²) in [6.07, 6.45) is 6.71. The average molecular weight is 357 g/mol. The number of nitrogens with one attached hydrogen (secondary N) is 1. The molecule has 1 amide bonds. The van der Waals surface area contributed by atoms with E-state index in [2.05, 4.69) is 24.1 Å². The van der Waals surface area contributed by atoms with E-state index < -0.39 is 0 Å². The summed E-state index contributed by atoms with van der Waals surface area (Å²) >= 11 is 0. The van der Waals surface area contributed by atoms with Crippen molar-refractivity contribution in [2.45, 2.75) is 46.0 Å². The summed E-state index contributed by atoms with van der Waals surface area (Å²) in [5, 5.41) is 12.2. The summed E-state index contributed by atoms with van der Waals surface area (Å²) in [4.78, 5) is 14.4. The van der Waals surface area contributed by atoms with Crippen LogP contribution < -0.4 is 10.1 Å². The first-order valence-corrected chi connectivity index (χ1v) is 9.41. The number of hydrogen-bond donors (Lipinski definition) is 1. The maximum Gasteiger partial charge on any atom is 0.263 e. The third-order valence-corrected chi connectivity index (χ3v) is 4.13. The van der Waals surface area contributed by atoms with Crippen LogP contribution in [0.25, 0.3) is 0 Å². The number of unbranched alkanes of at least 4 members (excludes halogenated alkanes) is 2. The fourth-order valence-electron chi connectivity index (χ4n) is 2.49. The number of nitrogens with zero attached hydrogens (tertiary/aromatic N) is 2. The highest BCUT2D eigenvalue weighted by Gasteiger charge is 2.11. The second kappa shape index (κ2) is 12.8. The number of methoxy groups -OCH3 is 1. The van der Waals surface area contributed by atoms with Gasteiger partial charge in [-0.1, -0.05) is 38.8 Å². The molecule has 0 bridgehead atoms. The molecule has 1 aromatic rings. The molecule has 0 unspecified atom stereocenters. The zero-order valence-electron chi connectivity index (χ0n) is 16.3. The first kappa shape index (κ1) is 21.6. The van der Waals surface area contributed by atoms with Gasteiger partial charge in [-0.05, 0) is 37.0 Å². The summed E-state index contributed by atoms with van der Waals surface area (Å²) < 4.78 is 5.13. The van der Waals surface area contributed by atoms with Crippen LogP contribution in [0.15, 0.2) is 36.0 Å². The van der Waals surface area contributed by atoms with Crippen molar-refractivity contribution >= 4 is 5.91 Å². The van der Waals surface area contributed by atoms with E-state index in [0.29, 0.717) is 13.0 Å². The van der Waals surface area contributed by atoms with Gasteiger partial charge in [-0.3, -0.25) is 4.79 Å². The molecule has 0 atom stereocenters. The summed E-state index contributed by atoms with van der Waals surface area (Å²) in [5.74, 6) is 0.505. The summed E-state index contributed by atoms with van der Waals surface area (Å²) in [6, 6.07) is 9.79. The van der Waals surface area contributed by atoms with Gasteiger partial charge in [-0.2, -0.15) is 5.26 Å². The molecule has 5 nitrogen and oxygen atoms in total. The van der Waals surface area contributed by atoms with Crippen LogP contribution >= 0.6 is 0 Å². The highest BCUT2D eigenvalue weighted by molar-refractivity contribution is 5.97. The lowest BCUT2D eigenvalue weighted by Crippen LogP contribution is -2.29. The molecule has 0 aromatic heterocycles. The van der Waals surface area contributed by atoms with Gasteiger partial charge in [0.25, 0.3) is 5.91 Å². The Morgan fingerprint density at radius 2 is 1.81 bits per heavy atom. The number of amides is 1. The van der Waals surface area contributed by atoms with Crippen molar-refractivity contribution in [1.82, 2.24) is 10.2 Å². The Morgan fingerprint density at radius 3 is 2.31 bits per heavy atom. The molecule has 0 heterocycles. The monoisotopic (exact) mass is 357 g/mol. The molecule has 0 spiro atoms. The third kappa shape index (κ3) is 8.06. The standard InChI is InChI=1S/C21H31N3O2/c1-4-6-14-24(15-7-5-2)17-19(16-22)21(25)23-13-12-18-8-10-20(26-3)11-9-18/h8-11,17H,4-7,12-15H2,1-3H3,(H,23,25)/b19-17-. The quantitative estimate of drug-likeness (QED) is 0.458. The summed E-state index contributed by atoms with van der Waals surface area (Å²) in [6.45, 7) is 6.52. The van der Waals surface area contributed by atoms with Gasteiger partial charge in [-0.15, -0.1) is 0 Å². The van der Waals surface area contributed by atoms with E-state index in [1.165, 1.54) is 0 Å². The molecule has 0 aliphatic rings. The molecule has 1 aromatic carbocycles. The Balaban J connectivity index is 2.57. The Morgan fingerprint density at radius 1 is 1.19 bits per heavy atom. The van der Waals surface area contributed by atoms with Crippen molar-refractivity contribution in [3.63, 3.8) is 0 Å². The minimum atomic E-state index is -0.306. The van der Waals surface area contributed by atoms with Crippen LogP contribution in [0.3, 0.4) is 0 Å². The second-order valence-corrected chi connectivity index (χ2v) is 6.25. The second-order valence-electron chi connectivity index (χ2n) is 6.25. The smallest absolute Gasteiger partial charge is 0.263 e. The van der Waals surface area contributed by atoms with E-state index in [1.807, 2.05) is 30.3 Å². The molecule has 0 fully saturated rings. The van der Waals surface area contributed by atoms with Crippen LogP contribution in [0.5, 0.6) is 5.75 Å². The molecule has 0 aliphatic heterocycles. The van der Waals surface area contributed by atoms with Crippen LogP contribution in [-0.4, -0.2) is 37.6 Å². The molecule has 26 heavy (non-hydrogen) atoms. The van der Waals surface area contributed by atoms with E-state index >= 15 is 0 Å². The molecule has 0 saturated carbocycles. The molecular weight excluding hydrogens is 326 g/mol. The predicted octanol–water partition coefficient (Wildman–Crippen LogP) is 3.66. The van der Waals surface area contributed by atoms with Gasteiger partial charge in [0.05, 0.1) is 7.11 Å². The SMILES string of the molecule is CCCCN(/C=C(/C#N)C(=O)NCCc1ccc(OC)cc1)CCCC. The van der Waals surface area contributed by atoms with Crippen molar-refractivity contribution < 1.29 is 9.53 Å². The fourth-order valence-corrected chi connectivity index (χ4v) is 2.49. The van der Waals surface area contributed by atoms with Crippen molar-refractivity contribution in [1.29, 1.82) is 5.26 Å². The predicted molar refractivity (Wildman–Crippen MR) is 105 cm³/mol. The highest BCUT2D eigenvalue weighted by Crippen LogP contribution is 2.11. The van der Waals surface area contributed by atoms with Crippen LogP contribution in [0, 0.1) is 11.3 Å². The lowest BCUT2D eigenvalue weighted by Gasteiger charge is -2.20. The zero-order valence-corrected chi connectivity index (χ0v) is 16.3. The van der Waals surface area contributed by atoms with E-state index in [0.717, 1.165) is 50.1 Å². The maximum absolute atomic E-state index is 12.3. The number of carbonyl (C=O) groups is 1. The molecule has 0 aliphatic carbocycles. The van der Waals surface area contributed by atoms with Crippen LogP contribution in [0.1, 0.15) is 45.1 Å². The van der Waals surface area contributed by atoms with E-state index in [1.54, 1.807) is 13.3 Å². The van der Waals surface area contributed by atoms with Gasteiger partial charge in [0.1, 0.15) is 17.4 Å². The Hall–Kier alpha value is -2.48. The van der Waals surface area contributed by atoms with Crippen molar-refractivity contribution in [3.05, 3.63) is 41.6 Å². The number of nitriles is 1. The Labute approximate surface area is 157 Å². The molecule has 0 radical (unpaired) electrons. The van der Waals surface area contributed by atoms with E-state index in [-0.39, 0.29) is 11.5 Å². The van der Waals surface area contributed by atoms with Gasteiger partial charge in [0.15, 0.2) is 0 Å². The van der Waals surface area contributed by atoms with E-state index in [9.17, 15) is 10.1 Å². The number of rotatable bonds is 12. The van der Waals surface area contributed by atoms with Gasteiger partial charge < -0.3 is 15.0 Å². The molecule has 1 rings (SSSR count). The maximum atomic E-state index is 12.3. The zero-order chi connectivity index (χ0) is 19.2. The average Bonchev–Trinajstić information content (AvgIpc) is 2.67. The third-order valence-electron chi connectivity index (χ3n) is 4.13. The first-order chi connectivity index (χ1) is 12.6. The summed E-state index contributed by atoms with van der Waals surface area (Å²) in [7, 11) is 1.63.